The Labute approximate surface area is 63.5 Å². The van der Waals surface area contributed by atoms with E-state index in [9.17, 15) is 0 Å². The van der Waals surface area contributed by atoms with Crippen LogP contribution < -0.4 is 0 Å². The molecule has 0 radical (unpaired) electrons. The van der Waals surface area contributed by atoms with Crippen molar-refractivity contribution in [1.29, 1.82) is 0 Å². The highest BCUT2D eigenvalue weighted by Gasteiger charge is 2.18. The summed E-state index contributed by atoms with van der Waals surface area (Å²) >= 11 is 0. The SMILES string of the molecule is CCC(C)(C)OC(C)OC. The molecule has 0 aromatic heterocycles. The molecule has 2 nitrogen and oxygen atoms in total. The van der Waals surface area contributed by atoms with Crippen LogP contribution in [0.3, 0.4) is 0 Å². The topological polar surface area (TPSA) is 18.5 Å². The van der Waals surface area contributed by atoms with Crippen molar-refractivity contribution in [2.75, 3.05) is 7.11 Å². The maximum Gasteiger partial charge on any atom is 0.155 e. The Morgan fingerprint density at radius 1 is 1.40 bits per heavy atom. The van der Waals surface area contributed by atoms with E-state index in [1.165, 1.54) is 0 Å². The van der Waals surface area contributed by atoms with Crippen molar-refractivity contribution in [3.8, 4) is 0 Å². The summed E-state index contributed by atoms with van der Waals surface area (Å²) in [6, 6.07) is 0. The molecule has 0 spiro atoms. The van der Waals surface area contributed by atoms with Gasteiger partial charge in [0.2, 0.25) is 0 Å². The van der Waals surface area contributed by atoms with E-state index < -0.39 is 0 Å². The van der Waals surface area contributed by atoms with E-state index in [4.69, 9.17) is 9.47 Å². The van der Waals surface area contributed by atoms with E-state index >= 15 is 0 Å². The van der Waals surface area contributed by atoms with Crippen molar-refractivity contribution in [2.24, 2.45) is 0 Å². The Hall–Kier alpha value is -0.0800. The van der Waals surface area contributed by atoms with E-state index in [0.717, 1.165) is 6.42 Å². The molecule has 0 saturated carbocycles. The molecule has 0 heterocycles. The molecule has 1 unspecified atom stereocenters. The van der Waals surface area contributed by atoms with Crippen molar-refractivity contribution >= 4 is 0 Å². The van der Waals surface area contributed by atoms with E-state index in [1.807, 2.05) is 6.92 Å². The van der Waals surface area contributed by atoms with E-state index in [0.29, 0.717) is 0 Å². The summed E-state index contributed by atoms with van der Waals surface area (Å²) < 4.78 is 10.5. The third-order valence-electron chi connectivity index (χ3n) is 1.67. The highest BCUT2D eigenvalue weighted by atomic mass is 16.7. The van der Waals surface area contributed by atoms with Gasteiger partial charge in [-0.1, -0.05) is 6.92 Å². The molecule has 10 heavy (non-hydrogen) atoms. The quantitative estimate of drug-likeness (QED) is 0.566. The van der Waals surface area contributed by atoms with Crippen molar-refractivity contribution in [2.45, 2.75) is 46.0 Å². The minimum Gasteiger partial charge on any atom is -0.356 e. The summed E-state index contributed by atoms with van der Waals surface area (Å²) in [5.41, 5.74) is -0.0601. The van der Waals surface area contributed by atoms with Crippen LogP contribution in [0.2, 0.25) is 0 Å². The lowest BCUT2D eigenvalue weighted by atomic mass is 10.1. The van der Waals surface area contributed by atoms with Crippen LogP contribution in [-0.4, -0.2) is 19.0 Å². The van der Waals surface area contributed by atoms with E-state index in [-0.39, 0.29) is 11.9 Å². The number of methoxy groups -OCH3 is 1. The second-order valence-electron chi connectivity index (χ2n) is 3.03. The van der Waals surface area contributed by atoms with Gasteiger partial charge in [0.25, 0.3) is 0 Å². The van der Waals surface area contributed by atoms with Gasteiger partial charge in [-0.05, 0) is 27.2 Å². The normalized spacial score (nSPS) is 15.3. The van der Waals surface area contributed by atoms with Gasteiger partial charge in [0.1, 0.15) is 0 Å². The summed E-state index contributed by atoms with van der Waals surface area (Å²) in [5.74, 6) is 0. The number of hydrogen-bond donors (Lipinski definition) is 0. The summed E-state index contributed by atoms with van der Waals surface area (Å²) in [7, 11) is 1.65. The fraction of sp³-hybridized carbons (Fsp3) is 1.00. The zero-order valence-electron chi connectivity index (χ0n) is 7.60. The van der Waals surface area contributed by atoms with Gasteiger partial charge in [-0.25, -0.2) is 0 Å². The molecular formula is C8H18O2. The van der Waals surface area contributed by atoms with Gasteiger partial charge in [0, 0.05) is 7.11 Å². The molecule has 0 amide bonds. The minimum atomic E-state index is -0.102. The van der Waals surface area contributed by atoms with Crippen LogP contribution in [0.5, 0.6) is 0 Å². The van der Waals surface area contributed by atoms with E-state index in [2.05, 4.69) is 20.8 Å². The molecule has 0 aliphatic carbocycles. The summed E-state index contributed by atoms with van der Waals surface area (Å²) in [6.07, 6.45) is 0.899. The lowest BCUT2D eigenvalue weighted by molar-refractivity contribution is -0.178. The van der Waals surface area contributed by atoms with Gasteiger partial charge in [-0.2, -0.15) is 0 Å². The Kier molecular flexibility index (Phi) is 3.91. The standard InChI is InChI=1S/C8H18O2/c1-6-8(3,4)10-7(2)9-5/h7H,6H2,1-5H3. The average Bonchev–Trinajstić information content (AvgIpc) is 1.87. The zero-order valence-corrected chi connectivity index (χ0v) is 7.60. The molecule has 2 heteroatoms. The summed E-state index contributed by atoms with van der Waals surface area (Å²) in [5, 5.41) is 0. The molecule has 1 atom stereocenters. The monoisotopic (exact) mass is 146 g/mol. The van der Waals surface area contributed by atoms with Gasteiger partial charge in [0.05, 0.1) is 5.60 Å². The molecule has 0 fully saturated rings. The predicted octanol–water partition coefficient (Wildman–Crippen LogP) is 2.18. The molecule has 0 rings (SSSR count). The zero-order chi connectivity index (χ0) is 8.20. The number of rotatable bonds is 4. The van der Waals surface area contributed by atoms with Gasteiger partial charge in [0.15, 0.2) is 6.29 Å². The van der Waals surface area contributed by atoms with Crippen LogP contribution in [0, 0.1) is 0 Å². The first-order chi connectivity index (χ1) is 4.52. The van der Waals surface area contributed by atoms with Crippen molar-refractivity contribution in [1.82, 2.24) is 0 Å². The molecule has 0 saturated heterocycles. The first kappa shape index (κ1) is 9.92. The average molecular weight is 146 g/mol. The first-order valence-corrected chi connectivity index (χ1v) is 3.72. The fourth-order valence-electron chi connectivity index (χ4n) is 0.581. The molecule has 0 N–H and O–H groups in total. The maximum atomic E-state index is 5.51. The second-order valence-corrected chi connectivity index (χ2v) is 3.03. The van der Waals surface area contributed by atoms with E-state index in [1.54, 1.807) is 7.11 Å². The molecule has 0 aromatic rings. The summed E-state index contributed by atoms with van der Waals surface area (Å²) in [6.45, 7) is 8.12. The van der Waals surface area contributed by atoms with Gasteiger partial charge < -0.3 is 9.47 Å². The van der Waals surface area contributed by atoms with Gasteiger partial charge in [-0.3, -0.25) is 0 Å². The number of ether oxygens (including phenoxy) is 2. The first-order valence-electron chi connectivity index (χ1n) is 3.72. The summed E-state index contributed by atoms with van der Waals surface area (Å²) in [4.78, 5) is 0. The highest BCUT2D eigenvalue weighted by molar-refractivity contribution is 4.65. The number of hydrogen-bond acceptors (Lipinski definition) is 2. The third-order valence-corrected chi connectivity index (χ3v) is 1.67. The molecular weight excluding hydrogens is 128 g/mol. The highest BCUT2D eigenvalue weighted by Crippen LogP contribution is 2.15. The molecule has 0 bridgehead atoms. The Bertz CT molecular complexity index is 89.3. The molecule has 0 aliphatic rings. The van der Waals surface area contributed by atoms with Crippen LogP contribution in [0.1, 0.15) is 34.1 Å². The Morgan fingerprint density at radius 2 is 1.90 bits per heavy atom. The minimum absolute atomic E-state index is 0.0601. The molecule has 0 aromatic carbocycles. The van der Waals surface area contributed by atoms with Gasteiger partial charge >= 0.3 is 0 Å². The third kappa shape index (κ3) is 3.85. The molecule has 0 aliphatic heterocycles. The van der Waals surface area contributed by atoms with Crippen LogP contribution in [0.4, 0.5) is 0 Å². The van der Waals surface area contributed by atoms with Crippen LogP contribution in [0.25, 0.3) is 0 Å². The van der Waals surface area contributed by atoms with Crippen molar-refractivity contribution in [3.05, 3.63) is 0 Å². The van der Waals surface area contributed by atoms with Crippen LogP contribution >= 0.6 is 0 Å². The van der Waals surface area contributed by atoms with Crippen molar-refractivity contribution in [3.63, 3.8) is 0 Å². The largest absolute Gasteiger partial charge is 0.356 e. The maximum absolute atomic E-state index is 5.51. The van der Waals surface area contributed by atoms with Crippen molar-refractivity contribution < 1.29 is 9.47 Å². The lowest BCUT2D eigenvalue weighted by Crippen LogP contribution is -2.29. The second kappa shape index (κ2) is 3.94. The Morgan fingerprint density at radius 3 is 2.20 bits per heavy atom. The smallest absolute Gasteiger partial charge is 0.155 e. The fourth-order valence-corrected chi connectivity index (χ4v) is 0.581. The lowest BCUT2D eigenvalue weighted by Gasteiger charge is -2.26. The van der Waals surface area contributed by atoms with Gasteiger partial charge in [-0.15, -0.1) is 0 Å². The van der Waals surface area contributed by atoms with Crippen LogP contribution in [0.15, 0.2) is 0 Å². The predicted molar refractivity (Wildman–Crippen MR) is 41.9 cm³/mol. The molecule has 62 valence electrons. The Balaban J connectivity index is 3.64. The van der Waals surface area contributed by atoms with Crippen LogP contribution in [-0.2, 0) is 9.47 Å².